The molecule has 0 bridgehead atoms. The third kappa shape index (κ3) is 2.74. The van der Waals surface area contributed by atoms with Crippen molar-refractivity contribution in [3.05, 3.63) is 74.7 Å². The van der Waals surface area contributed by atoms with Crippen LogP contribution >= 0.6 is 22.9 Å². The van der Waals surface area contributed by atoms with E-state index in [1.165, 1.54) is 22.5 Å². The minimum absolute atomic E-state index is 0.0373. The fourth-order valence-electron chi connectivity index (χ4n) is 3.25. The van der Waals surface area contributed by atoms with Gasteiger partial charge in [-0.1, -0.05) is 35.9 Å². The van der Waals surface area contributed by atoms with E-state index in [1.807, 2.05) is 30.4 Å². The number of amides is 1. The molecule has 0 aliphatic carbocycles. The maximum absolute atomic E-state index is 12.9. The average Bonchev–Trinajstić information content (AvgIpc) is 3.21. The number of benzene rings is 1. The normalized spacial score (nSPS) is 16.9. The predicted molar refractivity (Wildman–Crippen MR) is 95.6 cm³/mol. The van der Waals surface area contributed by atoms with Crippen LogP contribution in [0.5, 0.6) is 0 Å². The Kier molecular flexibility index (Phi) is 3.90. The van der Waals surface area contributed by atoms with Crippen molar-refractivity contribution in [1.82, 2.24) is 14.7 Å². The summed E-state index contributed by atoms with van der Waals surface area (Å²) < 4.78 is 2.44. The summed E-state index contributed by atoms with van der Waals surface area (Å²) in [7, 11) is 1.91. The largest absolute Gasteiger partial charge is 0.333 e. The van der Waals surface area contributed by atoms with E-state index >= 15 is 0 Å². The van der Waals surface area contributed by atoms with Gasteiger partial charge in [0.2, 0.25) is 0 Å². The molecule has 1 atom stereocenters. The summed E-state index contributed by atoms with van der Waals surface area (Å²) in [6.07, 6.45) is 3.91. The number of hydrogen-bond acceptors (Lipinski definition) is 3. The van der Waals surface area contributed by atoms with Gasteiger partial charge in [-0.3, -0.25) is 9.48 Å². The van der Waals surface area contributed by atoms with Crippen LogP contribution in [0.4, 0.5) is 0 Å². The first-order chi connectivity index (χ1) is 11.6. The van der Waals surface area contributed by atoms with E-state index in [-0.39, 0.29) is 11.8 Å². The van der Waals surface area contributed by atoms with E-state index < -0.39 is 0 Å². The highest BCUT2D eigenvalue weighted by Crippen LogP contribution is 2.34. The van der Waals surface area contributed by atoms with E-state index in [2.05, 4.69) is 23.3 Å². The van der Waals surface area contributed by atoms with Gasteiger partial charge in [-0.15, -0.1) is 11.3 Å². The van der Waals surface area contributed by atoms with E-state index in [0.717, 1.165) is 5.56 Å². The van der Waals surface area contributed by atoms with Crippen LogP contribution in [0.1, 0.15) is 32.3 Å². The summed E-state index contributed by atoms with van der Waals surface area (Å²) in [5, 5.41) is 4.29. The lowest BCUT2D eigenvalue weighted by Crippen LogP contribution is -2.38. The molecule has 24 heavy (non-hydrogen) atoms. The summed E-state index contributed by atoms with van der Waals surface area (Å²) in [6.45, 7) is 1.28. The molecule has 122 valence electrons. The number of aromatic nitrogens is 2. The van der Waals surface area contributed by atoms with Gasteiger partial charge in [-0.05, 0) is 28.8 Å². The van der Waals surface area contributed by atoms with Crippen molar-refractivity contribution in [2.75, 3.05) is 6.54 Å². The van der Waals surface area contributed by atoms with Crippen molar-refractivity contribution in [2.24, 2.45) is 7.05 Å². The SMILES string of the molecule is Cn1cc(C2CN(C(=O)c3ccc(Cl)s3)Cc3ccccc32)cn1. The van der Waals surface area contributed by atoms with Crippen LogP contribution in [0, 0.1) is 0 Å². The lowest BCUT2D eigenvalue weighted by molar-refractivity contribution is 0.0730. The maximum atomic E-state index is 12.9. The lowest BCUT2D eigenvalue weighted by atomic mass is 9.86. The summed E-state index contributed by atoms with van der Waals surface area (Å²) >= 11 is 7.32. The third-order valence-electron chi connectivity index (χ3n) is 4.39. The van der Waals surface area contributed by atoms with Crippen LogP contribution in [0.3, 0.4) is 0 Å². The highest BCUT2D eigenvalue weighted by Gasteiger charge is 2.30. The van der Waals surface area contributed by atoms with Gasteiger partial charge in [0.25, 0.3) is 5.91 Å². The number of thiophene rings is 1. The molecule has 3 heterocycles. The molecule has 0 saturated heterocycles. The van der Waals surface area contributed by atoms with E-state index in [0.29, 0.717) is 22.3 Å². The number of carbonyl (C=O) groups is 1. The standard InChI is InChI=1S/C18H16ClN3OS/c1-21-9-13(8-20-21)15-11-22(10-12-4-2-3-5-14(12)15)18(23)16-6-7-17(19)24-16/h2-9,15H,10-11H2,1H3. The number of nitrogens with zero attached hydrogens (tertiary/aromatic N) is 3. The molecule has 0 saturated carbocycles. The number of fused-ring (bicyclic) bond motifs is 1. The van der Waals surface area contributed by atoms with Gasteiger partial charge in [0.05, 0.1) is 15.4 Å². The zero-order valence-corrected chi connectivity index (χ0v) is 14.7. The van der Waals surface area contributed by atoms with Gasteiger partial charge in [0.15, 0.2) is 0 Å². The van der Waals surface area contributed by atoms with Crippen molar-refractivity contribution < 1.29 is 4.79 Å². The Hall–Kier alpha value is -2.11. The van der Waals surface area contributed by atoms with E-state index in [4.69, 9.17) is 11.6 Å². The minimum Gasteiger partial charge on any atom is -0.333 e. The average molecular weight is 358 g/mol. The summed E-state index contributed by atoms with van der Waals surface area (Å²) in [5.41, 5.74) is 3.60. The molecule has 1 unspecified atom stereocenters. The molecule has 4 nitrogen and oxygen atoms in total. The molecule has 0 radical (unpaired) electrons. The van der Waals surface area contributed by atoms with Gasteiger partial charge >= 0.3 is 0 Å². The van der Waals surface area contributed by atoms with Crippen LogP contribution in [0.2, 0.25) is 4.34 Å². The number of halogens is 1. The molecule has 2 aromatic heterocycles. The summed E-state index contributed by atoms with van der Waals surface area (Å²) in [5.74, 6) is 0.179. The Bertz CT molecular complexity index is 901. The molecule has 0 N–H and O–H groups in total. The van der Waals surface area contributed by atoms with Crippen LogP contribution in [0.15, 0.2) is 48.8 Å². The molecule has 0 fully saturated rings. The number of carbonyl (C=O) groups excluding carboxylic acids is 1. The third-order valence-corrected chi connectivity index (χ3v) is 5.61. The Balaban J connectivity index is 1.71. The molecule has 0 spiro atoms. The van der Waals surface area contributed by atoms with Crippen LogP contribution in [0.25, 0.3) is 0 Å². The van der Waals surface area contributed by atoms with Crippen LogP contribution in [-0.4, -0.2) is 27.1 Å². The molecule has 1 amide bonds. The second-order valence-corrected chi connectivity index (χ2v) is 7.70. The monoisotopic (exact) mass is 357 g/mol. The first kappa shape index (κ1) is 15.4. The molecule has 1 aliphatic heterocycles. The van der Waals surface area contributed by atoms with Gasteiger partial charge in [-0.25, -0.2) is 0 Å². The van der Waals surface area contributed by atoms with Crippen LogP contribution < -0.4 is 0 Å². The van der Waals surface area contributed by atoms with E-state index in [9.17, 15) is 4.79 Å². The van der Waals surface area contributed by atoms with Gasteiger partial charge in [0.1, 0.15) is 0 Å². The molecule has 1 aromatic carbocycles. The first-order valence-corrected chi connectivity index (χ1v) is 8.92. The molecule has 6 heteroatoms. The quantitative estimate of drug-likeness (QED) is 0.697. The Morgan fingerprint density at radius 3 is 2.83 bits per heavy atom. The van der Waals surface area contributed by atoms with Gasteiger partial charge < -0.3 is 4.90 Å². The zero-order valence-electron chi connectivity index (χ0n) is 13.1. The number of rotatable bonds is 2. The fourth-order valence-corrected chi connectivity index (χ4v) is 4.26. The molecular formula is C18H16ClN3OS. The molecule has 1 aliphatic rings. The highest BCUT2D eigenvalue weighted by molar-refractivity contribution is 7.17. The number of aryl methyl sites for hydroxylation is 1. The van der Waals surface area contributed by atoms with Crippen molar-refractivity contribution >= 4 is 28.8 Å². The fraction of sp³-hybridized carbons (Fsp3) is 0.222. The van der Waals surface area contributed by atoms with Crippen molar-refractivity contribution in [1.29, 1.82) is 0 Å². The zero-order chi connectivity index (χ0) is 16.7. The van der Waals surface area contributed by atoms with E-state index in [1.54, 1.807) is 16.8 Å². The number of hydrogen-bond donors (Lipinski definition) is 0. The highest BCUT2D eigenvalue weighted by atomic mass is 35.5. The van der Waals surface area contributed by atoms with Crippen molar-refractivity contribution in [2.45, 2.75) is 12.5 Å². The molecular weight excluding hydrogens is 342 g/mol. The Morgan fingerprint density at radius 1 is 1.29 bits per heavy atom. The smallest absolute Gasteiger partial charge is 0.264 e. The van der Waals surface area contributed by atoms with Crippen LogP contribution in [-0.2, 0) is 13.6 Å². The summed E-state index contributed by atoms with van der Waals surface area (Å²) in [4.78, 5) is 15.5. The lowest BCUT2D eigenvalue weighted by Gasteiger charge is -2.34. The van der Waals surface area contributed by atoms with Gasteiger partial charge in [0, 0.05) is 32.3 Å². The van der Waals surface area contributed by atoms with Gasteiger partial charge in [-0.2, -0.15) is 5.10 Å². The Labute approximate surface area is 149 Å². The van der Waals surface area contributed by atoms with Crippen molar-refractivity contribution in [3.63, 3.8) is 0 Å². The Morgan fingerprint density at radius 2 is 2.12 bits per heavy atom. The second-order valence-electron chi connectivity index (χ2n) is 5.99. The van der Waals surface area contributed by atoms with Crippen molar-refractivity contribution in [3.8, 4) is 0 Å². The maximum Gasteiger partial charge on any atom is 0.264 e. The molecule has 4 rings (SSSR count). The molecule has 3 aromatic rings. The first-order valence-electron chi connectivity index (χ1n) is 7.73. The second kappa shape index (κ2) is 6.07. The topological polar surface area (TPSA) is 38.1 Å². The minimum atomic E-state index is 0.0373. The predicted octanol–water partition coefficient (Wildman–Crippen LogP) is 3.92. The summed E-state index contributed by atoms with van der Waals surface area (Å²) in [6, 6.07) is 11.9.